The van der Waals surface area contributed by atoms with Crippen LogP contribution < -0.4 is 10.6 Å². The molecule has 110 valence electrons. The van der Waals surface area contributed by atoms with Crippen molar-refractivity contribution in [2.45, 2.75) is 46.1 Å². The molecule has 2 rings (SSSR count). The molecule has 2 heterocycles. The molecule has 1 aliphatic heterocycles. The summed E-state index contributed by atoms with van der Waals surface area (Å²) in [4.78, 5) is 17.0. The lowest BCUT2D eigenvalue weighted by Gasteiger charge is -2.36. The van der Waals surface area contributed by atoms with Gasteiger partial charge in [-0.25, -0.2) is 0 Å². The predicted molar refractivity (Wildman–Crippen MR) is 80.3 cm³/mol. The van der Waals surface area contributed by atoms with E-state index < -0.39 is 0 Å². The Morgan fingerprint density at radius 2 is 2.20 bits per heavy atom. The number of carbonyl (C=O) groups excluding carboxylic acids is 1. The highest BCUT2D eigenvalue weighted by atomic mass is 16.2. The minimum Gasteiger partial charge on any atom is -0.350 e. The number of hydrogen-bond donors (Lipinski definition) is 2. The zero-order valence-corrected chi connectivity index (χ0v) is 12.5. The van der Waals surface area contributed by atoms with Gasteiger partial charge >= 0.3 is 0 Å². The van der Waals surface area contributed by atoms with Gasteiger partial charge in [0.1, 0.15) is 0 Å². The zero-order valence-electron chi connectivity index (χ0n) is 12.5. The van der Waals surface area contributed by atoms with Crippen LogP contribution in [-0.2, 0) is 11.3 Å². The monoisotopic (exact) mass is 275 g/mol. The highest BCUT2D eigenvalue weighted by Crippen LogP contribution is 2.34. The first-order valence-corrected chi connectivity index (χ1v) is 7.57. The van der Waals surface area contributed by atoms with Crippen LogP contribution in [-0.4, -0.2) is 24.0 Å². The van der Waals surface area contributed by atoms with E-state index in [-0.39, 0.29) is 11.3 Å². The van der Waals surface area contributed by atoms with Crippen LogP contribution in [0.4, 0.5) is 0 Å². The minimum absolute atomic E-state index is 0.178. The van der Waals surface area contributed by atoms with Crippen LogP contribution in [0.5, 0.6) is 0 Å². The van der Waals surface area contributed by atoms with Gasteiger partial charge in [0.25, 0.3) is 0 Å². The van der Waals surface area contributed by atoms with E-state index in [0.717, 1.165) is 50.0 Å². The standard InChI is InChI=1S/C16H25N3O/c1-3-6-16(7-10-17-11-8-16)15(20)19-12-14-13(2)5-4-9-18-14/h4-5,9,17H,3,6-8,10-12H2,1-2H3,(H,19,20). The van der Waals surface area contributed by atoms with Crippen LogP contribution in [0.1, 0.15) is 43.9 Å². The Morgan fingerprint density at radius 3 is 2.85 bits per heavy atom. The maximum Gasteiger partial charge on any atom is 0.226 e. The van der Waals surface area contributed by atoms with Crippen LogP contribution in [0.15, 0.2) is 18.3 Å². The number of piperidine rings is 1. The second-order valence-electron chi connectivity index (χ2n) is 5.73. The van der Waals surface area contributed by atoms with Crippen LogP contribution in [0.3, 0.4) is 0 Å². The summed E-state index contributed by atoms with van der Waals surface area (Å²) in [5.41, 5.74) is 1.91. The van der Waals surface area contributed by atoms with Crippen LogP contribution in [0.25, 0.3) is 0 Å². The second kappa shape index (κ2) is 6.84. The third-order valence-electron chi connectivity index (χ3n) is 4.31. The Bertz CT molecular complexity index is 447. The number of aromatic nitrogens is 1. The van der Waals surface area contributed by atoms with Crippen LogP contribution in [0, 0.1) is 12.3 Å². The van der Waals surface area contributed by atoms with Crippen molar-refractivity contribution in [1.29, 1.82) is 0 Å². The van der Waals surface area contributed by atoms with Crippen molar-refractivity contribution < 1.29 is 4.79 Å². The average molecular weight is 275 g/mol. The Labute approximate surface area is 121 Å². The number of amides is 1. The molecule has 0 aliphatic carbocycles. The smallest absolute Gasteiger partial charge is 0.226 e. The summed E-state index contributed by atoms with van der Waals surface area (Å²) in [6.07, 6.45) is 5.68. The summed E-state index contributed by atoms with van der Waals surface area (Å²) in [5, 5.41) is 6.45. The van der Waals surface area contributed by atoms with E-state index in [0.29, 0.717) is 6.54 Å². The summed E-state index contributed by atoms with van der Waals surface area (Å²) in [6.45, 7) is 6.59. The lowest BCUT2D eigenvalue weighted by Crippen LogP contribution is -2.47. The average Bonchev–Trinajstić information content (AvgIpc) is 2.47. The van der Waals surface area contributed by atoms with Gasteiger partial charge < -0.3 is 10.6 Å². The first-order chi connectivity index (χ1) is 9.68. The first kappa shape index (κ1) is 15.0. The Hall–Kier alpha value is -1.42. The molecule has 0 unspecified atom stereocenters. The van der Waals surface area contributed by atoms with E-state index in [1.807, 2.05) is 19.1 Å². The van der Waals surface area contributed by atoms with Gasteiger partial charge in [0.2, 0.25) is 5.91 Å². The van der Waals surface area contributed by atoms with Crippen molar-refractivity contribution in [3.63, 3.8) is 0 Å². The maximum atomic E-state index is 12.6. The van der Waals surface area contributed by atoms with Gasteiger partial charge in [0.15, 0.2) is 0 Å². The number of hydrogen-bond acceptors (Lipinski definition) is 3. The van der Waals surface area contributed by atoms with E-state index in [4.69, 9.17) is 0 Å². The fourth-order valence-electron chi connectivity index (χ4n) is 3.03. The maximum absolute atomic E-state index is 12.6. The van der Waals surface area contributed by atoms with Gasteiger partial charge in [-0.2, -0.15) is 0 Å². The lowest BCUT2D eigenvalue weighted by molar-refractivity contribution is -0.133. The molecule has 1 aliphatic rings. The molecule has 0 atom stereocenters. The van der Waals surface area contributed by atoms with Crippen molar-refractivity contribution in [2.24, 2.45) is 5.41 Å². The van der Waals surface area contributed by atoms with E-state index >= 15 is 0 Å². The fraction of sp³-hybridized carbons (Fsp3) is 0.625. The molecule has 4 nitrogen and oxygen atoms in total. The highest BCUT2D eigenvalue weighted by molar-refractivity contribution is 5.82. The molecular weight excluding hydrogens is 250 g/mol. The molecule has 1 aromatic heterocycles. The summed E-state index contributed by atoms with van der Waals surface area (Å²) < 4.78 is 0. The molecule has 1 saturated heterocycles. The molecule has 0 spiro atoms. The largest absolute Gasteiger partial charge is 0.350 e. The molecule has 0 aromatic carbocycles. The number of nitrogens with zero attached hydrogens (tertiary/aromatic N) is 1. The molecule has 20 heavy (non-hydrogen) atoms. The molecule has 1 fully saturated rings. The molecular formula is C16H25N3O. The predicted octanol–water partition coefficient (Wildman–Crippen LogP) is 2.18. The Kier molecular flexibility index (Phi) is 5.12. The highest BCUT2D eigenvalue weighted by Gasteiger charge is 2.38. The van der Waals surface area contributed by atoms with Crippen molar-refractivity contribution in [1.82, 2.24) is 15.6 Å². The van der Waals surface area contributed by atoms with Gasteiger partial charge in [0.05, 0.1) is 17.7 Å². The SMILES string of the molecule is CCCC1(C(=O)NCc2ncccc2C)CCNCC1. The van der Waals surface area contributed by atoms with Gasteiger partial charge in [-0.3, -0.25) is 9.78 Å². The van der Waals surface area contributed by atoms with E-state index in [1.165, 1.54) is 0 Å². The first-order valence-electron chi connectivity index (χ1n) is 7.57. The second-order valence-corrected chi connectivity index (χ2v) is 5.73. The normalized spacial score (nSPS) is 17.7. The number of rotatable bonds is 5. The number of carbonyl (C=O) groups is 1. The van der Waals surface area contributed by atoms with Gasteiger partial charge in [-0.05, 0) is 50.9 Å². The van der Waals surface area contributed by atoms with E-state index in [9.17, 15) is 4.79 Å². The van der Waals surface area contributed by atoms with Gasteiger partial charge in [-0.1, -0.05) is 19.4 Å². The molecule has 0 radical (unpaired) electrons. The topological polar surface area (TPSA) is 54.0 Å². The fourth-order valence-corrected chi connectivity index (χ4v) is 3.03. The number of aryl methyl sites for hydroxylation is 1. The third-order valence-corrected chi connectivity index (χ3v) is 4.31. The Balaban J connectivity index is 2.00. The Morgan fingerprint density at radius 1 is 1.45 bits per heavy atom. The van der Waals surface area contributed by atoms with Crippen LogP contribution >= 0.6 is 0 Å². The summed E-state index contributed by atoms with van der Waals surface area (Å²) >= 11 is 0. The summed E-state index contributed by atoms with van der Waals surface area (Å²) in [5.74, 6) is 0.200. The molecule has 2 N–H and O–H groups in total. The number of nitrogens with one attached hydrogen (secondary N) is 2. The van der Waals surface area contributed by atoms with Crippen molar-refractivity contribution in [3.05, 3.63) is 29.6 Å². The van der Waals surface area contributed by atoms with Gasteiger partial charge in [-0.15, -0.1) is 0 Å². The quantitative estimate of drug-likeness (QED) is 0.866. The van der Waals surface area contributed by atoms with Crippen molar-refractivity contribution in [3.8, 4) is 0 Å². The summed E-state index contributed by atoms with van der Waals surface area (Å²) in [6, 6.07) is 3.95. The zero-order chi connectivity index (χ0) is 14.4. The number of pyridine rings is 1. The molecule has 1 aromatic rings. The van der Waals surface area contributed by atoms with Gasteiger partial charge in [0, 0.05) is 6.20 Å². The molecule has 0 bridgehead atoms. The molecule has 0 saturated carbocycles. The van der Waals surface area contributed by atoms with Crippen molar-refractivity contribution >= 4 is 5.91 Å². The molecule has 4 heteroatoms. The lowest BCUT2D eigenvalue weighted by atomic mass is 9.74. The molecule has 1 amide bonds. The van der Waals surface area contributed by atoms with E-state index in [2.05, 4.69) is 22.5 Å². The van der Waals surface area contributed by atoms with Crippen LogP contribution in [0.2, 0.25) is 0 Å². The van der Waals surface area contributed by atoms with Crippen molar-refractivity contribution in [2.75, 3.05) is 13.1 Å². The summed E-state index contributed by atoms with van der Waals surface area (Å²) in [7, 11) is 0. The minimum atomic E-state index is -0.178. The van der Waals surface area contributed by atoms with E-state index in [1.54, 1.807) is 6.20 Å². The third kappa shape index (κ3) is 3.37.